The SMILES string of the molecule is COC(C)(C)CCOC(C)(C)CCOCCc1ccc(C)cc1. The minimum absolute atomic E-state index is 0.124. The van der Waals surface area contributed by atoms with Crippen LogP contribution in [-0.2, 0) is 20.6 Å². The van der Waals surface area contributed by atoms with E-state index in [1.165, 1.54) is 11.1 Å². The van der Waals surface area contributed by atoms with Crippen molar-refractivity contribution in [2.24, 2.45) is 0 Å². The summed E-state index contributed by atoms with van der Waals surface area (Å²) >= 11 is 0. The van der Waals surface area contributed by atoms with Crippen LogP contribution in [0.4, 0.5) is 0 Å². The van der Waals surface area contributed by atoms with Gasteiger partial charge in [0.15, 0.2) is 0 Å². The number of benzene rings is 1. The molecule has 0 saturated heterocycles. The van der Waals surface area contributed by atoms with E-state index in [0.29, 0.717) is 6.61 Å². The number of rotatable bonds is 11. The van der Waals surface area contributed by atoms with Crippen molar-refractivity contribution in [3.8, 4) is 0 Å². The van der Waals surface area contributed by atoms with Gasteiger partial charge in [0.2, 0.25) is 0 Å². The Kier molecular flexibility index (Phi) is 8.24. The highest BCUT2D eigenvalue weighted by Crippen LogP contribution is 2.19. The van der Waals surface area contributed by atoms with Gasteiger partial charge < -0.3 is 14.2 Å². The molecular weight excluding hydrogens is 288 g/mol. The normalized spacial score (nSPS) is 12.6. The number of ether oxygens (including phenoxy) is 3. The Bertz CT molecular complexity index is 435. The maximum absolute atomic E-state index is 5.99. The lowest BCUT2D eigenvalue weighted by atomic mass is 10.0. The van der Waals surface area contributed by atoms with Crippen LogP contribution in [0.15, 0.2) is 24.3 Å². The summed E-state index contributed by atoms with van der Waals surface area (Å²) in [4.78, 5) is 0. The van der Waals surface area contributed by atoms with E-state index >= 15 is 0 Å². The molecule has 1 aromatic rings. The zero-order valence-corrected chi connectivity index (χ0v) is 15.8. The van der Waals surface area contributed by atoms with Crippen LogP contribution in [0.5, 0.6) is 0 Å². The molecule has 0 bridgehead atoms. The van der Waals surface area contributed by atoms with Gasteiger partial charge >= 0.3 is 0 Å². The maximum Gasteiger partial charge on any atom is 0.0648 e. The van der Waals surface area contributed by atoms with Crippen molar-refractivity contribution in [1.82, 2.24) is 0 Å². The molecule has 0 aromatic heterocycles. The summed E-state index contributed by atoms with van der Waals surface area (Å²) in [6.45, 7) is 12.7. The molecule has 0 amide bonds. The molecule has 0 radical (unpaired) electrons. The topological polar surface area (TPSA) is 27.7 Å². The number of methoxy groups -OCH3 is 1. The summed E-state index contributed by atoms with van der Waals surface area (Å²) in [6.07, 6.45) is 2.75. The molecule has 0 heterocycles. The second kappa shape index (κ2) is 9.41. The van der Waals surface area contributed by atoms with E-state index in [9.17, 15) is 0 Å². The van der Waals surface area contributed by atoms with Crippen molar-refractivity contribution in [2.75, 3.05) is 26.9 Å². The predicted molar refractivity (Wildman–Crippen MR) is 96.1 cm³/mol. The Morgan fingerprint density at radius 2 is 1.43 bits per heavy atom. The van der Waals surface area contributed by atoms with E-state index in [1.54, 1.807) is 7.11 Å². The Hall–Kier alpha value is -0.900. The molecule has 1 aromatic carbocycles. The van der Waals surface area contributed by atoms with Gasteiger partial charge in [-0.25, -0.2) is 0 Å². The van der Waals surface area contributed by atoms with Crippen LogP contribution in [0.1, 0.15) is 51.7 Å². The zero-order chi connectivity index (χ0) is 17.3. The standard InChI is InChI=1S/C20H34O3/c1-17-7-9-18(10-8-17)11-14-22-15-12-20(4,5)23-16-13-19(2,3)21-6/h7-10H,11-16H2,1-6H3. The Balaban J connectivity index is 2.14. The molecule has 23 heavy (non-hydrogen) atoms. The molecule has 1 rings (SSSR count). The molecule has 0 aliphatic heterocycles. The highest BCUT2D eigenvalue weighted by atomic mass is 16.5. The zero-order valence-electron chi connectivity index (χ0n) is 15.8. The van der Waals surface area contributed by atoms with Gasteiger partial charge in [0.1, 0.15) is 0 Å². The van der Waals surface area contributed by atoms with Crippen molar-refractivity contribution in [3.05, 3.63) is 35.4 Å². The van der Waals surface area contributed by atoms with Gasteiger partial charge in [-0.1, -0.05) is 29.8 Å². The predicted octanol–water partition coefficient (Wildman–Crippen LogP) is 4.55. The summed E-state index contributed by atoms with van der Waals surface area (Å²) < 4.78 is 17.2. The molecule has 0 unspecified atom stereocenters. The summed E-state index contributed by atoms with van der Waals surface area (Å²) in [5.41, 5.74) is 2.34. The second-order valence-electron chi connectivity index (χ2n) is 7.42. The summed E-state index contributed by atoms with van der Waals surface area (Å²) in [7, 11) is 1.74. The molecular formula is C20H34O3. The van der Waals surface area contributed by atoms with Crippen LogP contribution < -0.4 is 0 Å². The average Bonchev–Trinajstić information content (AvgIpc) is 2.48. The average molecular weight is 322 g/mol. The van der Waals surface area contributed by atoms with Crippen LogP contribution in [0, 0.1) is 6.92 Å². The highest BCUT2D eigenvalue weighted by molar-refractivity contribution is 5.21. The van der Waals surface area contributed by atoms with Gasteiger partial charge in [-0.05, 0) is 59.4 Å². The van der Waals surface area contributed by atoms with Gasteiger partial charge in [-0.15, -0.1) is 0 Å². The fourth-order valence-corrected chi connectivity index (χ4v) is 2.11. The molecule has 0 saturated carbocycles. The van der Waals surface area contributed by atoms with Crippen molar-refractivity contribution >= 4 is 0 Å². The molecule has 132 valence electrons. The van der Waals surface area contributed by atoms with Gasteiger partial charge in [-0.3, -0.25) is 0 Å². The third-order valence-electron chi connectivity index (χ3n) is 4.25. The van der Waals surface area contributed by atoms with Gasteiger partial charge in [0.25, 0.3) is 0 Å². The molecule has 0 aliphatic carbocycles. The molecule has 0 fully saturated rings. The Morgan fingerprint density at radius 3 is 2.04 bits per heavy atom. The lowest BCUT2D eigenvalue weighted by molar-refractivity contribution is -0.0696. The number of hydrogen-bond acceptors (Lipinski definition) is 3. The van der Waals surface area contributed by atoms with Crippen LogP contribution in [0.25, 0.3) is 0 Å². The molecule has 0 N–H and O–H groups in total. The highest BCUT2D eigenvalue weighted by Gasteiger charge is 2.21. The van der Waals surface area contributed by atoms with Crippen LogP contribution in [0.3, 0.4) is 0 Å². The van der Waals surface area contributed by atoms with Crippen LogP contribution >= 0.6 is 0 Å². The lowest BCUT2D eigenvalue weighted by Gasteiger charge is -2.28. The molecule has 3 heteroatoms. The first-order valence-electron chi connectivity index (χ1n) is 8.56. The molecule has 3 nitrogen and oxygen atoms in total. The van der Waals surface area contributed by atoms with Crippen LogP contribution in [0.2, 0.25) is 0 Å². The van der Waals surface area contributed by atoms with E-state index in [4.69, 9.17) is 14.2 Å². The third kappa shape index (κ3) is 9.09. The van der Waals surface area contributed by atoms with E-state index in [-0.39, 0.29) is 11.2 Å². The fourth-order valence-electron chi connectivity index (χ4n) is 2.11. The lowest BCUT2D eigenvalue weighted by Crippen LogP contribution is -2.31. The van der Waals surface area contributed by atoms with E-state index in [0.717, 1.165) is 32.5 Å². The largest absolute Gasteiger partial charge is 0.381 e. The monoisotopic (exact) mass is 322 g/mol. The minimum atomic E-state index is -0.159. The van der Waals surface area contributed by atoms with Gasteiger partial charge in [0.05, 0.1) is 24.4 Å². The first kappa shape index (κ1) is 20.1. The number of aryl methyl sites for hydroxylation is 1. The minimum Gasteiger partial charge on any atom is -0.381 e. The van der Waals surface area contributed by atoms with E-state index in [2.05, 4.69) is 58.9 Å². The summed E-state index contributed by atoms with van der Waals surface area (Å²) in [5, 5.41) is 0. The first-order chi connectivity index (χ1) is 10.7. The van der Waals surface area contributed by atoms with Crippen molar-refractivity contribution < 1.29 is 14.2 Å². The number of hydrogen-bond donors (Lipinski definition) is 0. The van der Waals surface area contributed by atoms with Gasteiger partial charge in [-0.2, -0.15) is 0 Å². The second-order valence-corrected chi connectivity index (χ2v) is 7.42. The Morgan fingerprint density at radius 1 is 0.826 bits per heavy atom. The van der Waals surface area contributed by atoms with E-state index in [1.807, 2.05) is 0 Å². The maximum atomic E-state index is 5.99. The van der Waals surface area contributed by atoms with Crippen molar-refractivity contribution in [3.63, 3.8) is 0 Å². The molecule has 0 spiro atoms. The molecule has 0 aliphatic rings. The summed E-state index contributed by atoms with van der Waals surface area (Å²) in [5.74, 6) is 0. The fraction of sp³-hybridized carbons (Fsp3) is 0.700. The van der Waals surface area contributed by atoms with Crippen LogP contribution in [-0.4, -0.2) is 38.1 Å². The Labute approximate surface area is 142 Å². The van der Waals surface area contributed by atoms with Crippen molar-refractivity contribution in [1.29, 1.82) is 0 Å². The van der Waals surface area contributed by atoms with E-state index < -0.39 is 0 Å². The smallest absolute Gasteiger partial charge is 0.0648 e. The molecule has 0 atom stereocenters. The third-order valence-corrected chi connectivity index (χ3v) is 4.25. The quantitative estimate of drug-likeness (QED) is 0.559. The first-order valence-corrected chi connectivity index (χ1v) is 8.56. The van der Waals surface area contributed by atoms with Gasteiger partial charge in [0, 0.05) is 13.7 Å². The summed E-state index contributed by atoms with van der Waals surface area (Å²) in [6, 6.07) is 8.63. The van der Waals surface area contributed by atoms with Crippen molar-refractivity contribution in [2.45, 2.75) is 65.1 Å².